The fourth-order valence-electron chi connectivity index (χ4n) is 4.29. The van der Waals surface area contributed by atoms with Crippen molar-refractivity contribution < 1.29 is 18.6 Å². The van der Waals surface area contributed by atoms with E-state index in [0.717, 1.165) is 52.3 Å². The highest BCUT2D eigenvalue weighted by Gasteiger charge is 2.21. The fraction of sp³-hybridized carbons (Fsp3) is 0.267. The van der Waals surface area contributed by atoms with Gasteiger partial charge in [-0.15, -0.1) is 0 Å². The first-order chi connectivity index (χ1) is 17.2. The molecule has 1 unspecified atom stereocenters. The summed E-state index contributed by atoms with van der Waals surface area (Å²) < 4.78 is 22.9. The predicted molar refractivity (Wildman–Crippen MR) is 141 cm³/mol. The largest absolute Gasteiger partial charge is 0.496 e. The maximum absolute atomic E-state index is 6.12. The highest BCUT2D eigenvalue weighted by molar-refractivity contribution is 5.83. The van der Waals surface area contributed by atoms with Gasteiger partial charge >= 0.3 is 0 Å². The van der Waals surface area contributed by atoms with Crippen LogP contribution in [0, 0.1) is 0 Å². The number of methoxy groups -OCH3 is 2. The maximum Gasteiger partial charge on any atom is 0.161 e. The lowest BCUT2D eigenvalue weighted by Gasteiger charge is -2.26. The minimum Gasteiger partial charge on any atom is -0.496 e. The summed E-state index contributed by atoms with van der Waals surface area (Å²) in [6.07, 6.45) is 6.91. The zero-order chi connectivity index (χ0) is 24.6. The van der Waals surface area contributed by atoms with Gasteiger partial charge in [0.15, 0.2) is 11.5 Å². The van der Waals surface area contributed by atoms with Crippen molar-refractivity contribution >= 4 is 17.0 Å². The highest BCUT2D eigenvalue weighted by Crippen LogP contribution is 2.37. The molecule has 5 heteroatoms. The van der Waals surface area contributed by atoms with Crippen molar-refractivity contribution in [2.24, 2.45) is 0 Å². The molecule has 1 atom stereocenters. The van der Waals surface area contributed by atoms with Gasteiger partial charge in [-0.3, -0.25) is 0 Å². The molecule has 182 valence electrons. The smallest absolute Gasteiger partial charge is 0.161 e. The van der Waals surface area contributed by atoms with Gasteiger partial charge in [-0.25, -0.2) is 0 Å². The SMILES string of the molecule is CC.COc1cc2occc2cc1/C=C/C1NCCc2cc(OCc3ccccc3)c(OC)cc21. The molecule has 0 saturated heterocycles. The highest BCUT2D eigenvalue weighted by atomic mass is 16.5. The van der Waals surface area contributed by atoms with Crippen LogP contribution in [-0.2, 0) is 13.0 Å². The van der Waals surface area contributed by atoms with Crippen molar-refractivity contribution in [1.29, 1.82) is 0 Å². The Bertz CT molecular complexity index is 1280. The minimum absolute atomic E-state index is 0.0653. The second kappa shape index (κ2) is 11.6. The van der Waals surface area contributed by atoms with Gasteiger partial charge in [0.05, 0.1) is 26.5 Å². The van der Waals surface area contributed by atoms with Gasteiger partial charge in [-0.2, -0.15) is 0 Å². The second-order valence-corrected chi connectivity index (χ2v) is 8.07. The van der Waals surface area contributed by atoms with E-state index < -0.39 is 0 Å². The minimum atomic E-state index is 0.0653. The van der Waals surface area contributed by atoms with Crippen molar-refractivity contribution in [2.45, 2.75) is 32.9 Å². The Labute approximate surface area is 207 Å². The Kier molecular flexibility index (Phi) is 8.11. The van der Waals surface area contributed by atoms with E-state index in [1.807, 2.05) is 44.2 Å². The summed E-state index contributed by atoms with van der Waals surface area (Å²) in [7, 11) is 3.36. The van der Waals surface area contributed by atoms with Gasteiger partial charge < -0.3 is 23.9 Å². The van der Waals surface area contributed by atoms with Crippen LogP contribution in [0.5, 0.6) is 17.2 Å². The third kappa shape index (κ3) is 5.52. The zero-order valence-corrected chi connectivity index (χ0v) is 20.8. The molecular weight excluding hydrogens is 438 g/mol. The molecular formula is C30H33NO4. The van der Waals surface area contributed by atoms with Gasteiger partial charge in [-0.1, -0.05) is 56.3 Å². The molecule has 0 fully saturated rings. The van der Waals surface area contributed by atoms with E-state index in [4.69, 9.17) is 18.6 Å². The summed E-state index contributed by atoms with van der Waals surface area (Å²) in [6.45, 7) is 5.40. The third-order valence-electron chi connectivity index (χ3n) is 6.03. The van der Waals surface area contributed by atoms with Crippen LogP contribution in [0.2, 0.25) is 0 Å². The Morgan fingerprint density at radius 3 is 2.51 bits per heavy atom. The van der Waals surface area contributed by atoms with Crippen molar-refractivity contribution in [3.8, 4) is 17.2 Å². The Hall–Kier alpha value is -3.70. The molecule has 4 aromatic rings. The molecule has 5 rings (SSSR count). The molecule has 3 aromatic carbocycles. The van der Waals surface area contributed by atoms with Crippen molar-refractivity contribution in [1.82, 2.24) is 5.32 Å². The summed E-state index contributed by atoms with van der Waals surface area (Å²) in [6, 6.07) is 20.4. The molecule has 1 aliphatic rings. The number of fused-ring (bicyclic) bond motifs is 2. The van der Waals surface area contributed by atoms with E-state index >= 15 is 0 Å². The summed E-state index contributed by atoms with van der Waals surface area (Å²) in [5.41, 5.74) is 5.42. The van der Waals surface area contributed by atoms with Crippen molar-refractivity contribution in [3.05, 3.63) is 95.3 Å². The molecule has 35 heavy (non-hydrogen) atoms. The van der Waals surface area contributed by atoms with Crippen molar-refractivity contribution in [3.63, 3.8) is 0 Å². The van der Waals surface area contributed by atoms with E-state index in [2.05, 4.69) is 47.8 Å². The first-order valence-corrected chi connectivity index (χ1v) is 12.1. The Morgan fingerprint density at radius 1 is 0.943 bits per heavy atom. The number of hydrogen-bond acceptors (Lipinski definition) is 5. The average Bonchev–Trinajstić information content (AvgIpc) is 3.38. The number of ether oxygens (including phenoxy) is 3. The normalized spacial score (nSPS) is 14.8. The topological polar surface area (TPSA) is 52.9 Å². The molecule has 0 saturated carbocycles. The van der Waals surface area contributed by atoms with Crippen LogP contribution in [0.15, 0.2) is 77.4 Å². The standard InChI is InChI=1S/C28H27NO4.C2H6/c1-30-25-17-26-22(11-13-32-26)14-21(25)8-9-24-23-16-27(31-2)28(15-20(23)10-12-29-24)33-18-19-6-4-3-5-7-19;1-2/h3-9,11,13-17,24,29H,10,12,18H2,1-2H3;1-2H3/b9-8+;. The quantitative estimate of drug-likeness (QED) is 0.316. The molecule has 1 N–H and O–H groups in total. The lowest BCUT2D eigenvalue weighted by atomic mass is 9.93. The van der Waals surface area contributed by atoms with Crippen LogP contribution < -0.4 is 19.5 Å². The van der Waals surface area contributed by atoms with Gasteiger partial charge in [0, 0.05) is 23.6 Å². The van der Waals surface area contributed by atoms with Crippen LogP contribution in [0.4, 0.5) is 0 Å². The lowest BCUT2D eigenvalue weighted by molar-refractivity contribution is 0.283. The van der Waals surface area contributed by atoms with Crippen LogP contribution in [-0.4, -0.2) is 20.8 Å². The summed E-state index contributed by atoms with van der Waals surface area (Å²) in [5.74, 6) is 2.30. The van der Waals surface area contributed by atoms with Crippen LogP contribution in [0.1, 0.15) is 42.1 Å². The molecule has 0 aliphatic carbocycles. The van der Waals surface area contributed by atoms with E-state index in [9.17, 15) is 0 Å². The predicted octanol–water partition coefficient (Wildman–Crippen LogP) is 6.96. The number of rotatable bonds is 7. The first-order valence-electron chi connectivity index (χ1n) is 12.1. The van der Waals surface area contributed by atoms with Gasteiger partial charge in [-0.05, 0) is 47.4 Å². The van der Waals surface area contributed by atoms with E-state index in [-0.39, 0.29) is 6.04 Å². The Morgan fingerprint density at radius 2 is 1.74 bits per heavy atom. The van der Waals surface area contributed by atoms with E-state index in [1.165, 1.54) is 11.1 Å². The fourth-order valence-corrected chi connectivity index (χ4v) is 4.29. The molecule has 0 bridgehead atoms. The monoisotopic (exact) mass is 471 g/mol. The number of benzene rings is 3. The number of nitrogens with one attached hydrogen (secondary N) is 1. The summed E-state index contributed by atoms with van der Waals surface area (Å²) >= 11 is 0. The van der Waals surface area contributed by atoms with Gasteiger partial charge in [0.2, 0.25) is 0 Å². The first kappa shape index (κ1) is 24.4. The molecule has 0 radical (unpaired) electrons. The van der Waals surface area contributed by atoms with E-state index in [0.29, 0.717) is 6.61 Å². The molecule has 5 nitrogen and oxygen atoms in total. The van der Waals surface area contributed by atoms with Crippen LogP contribution in [0.25, 0.3) is 17.0 Å². The molecule has 1 aliphatic heterocycles. The van der Waals surface area contributed by atoms with Crippen molar-refractivity contribution in [2.75, 3.05) is 20.8 Å². The molecule has 1 aromatic heterocycles. The van der Waals surface area contributed by atoms with Gasteiger partial charge in [0.25, 0.3) is 0 Å². The molecule has 0 amide bonds. The van der Waals surface area contributed by atoms with E-state index in [1.54, 1.807) is 20.5 Å². The summed E-state index contributed by atoms with van der Waals surface area (Å²) in [5, 5.41) is 4.65. The number of hydrogen-bond donors (Lipinski definition) is 1. The van der Waals surface area contributed by atoms with Crippen LogP contribution in [0.3, 0.4) is 0 Å². The average molecular weight is 472 g/mol. The number of furan rings is 1. The lowest BCUT2D eigenvalue weighted by Crippen LogP contribution is -2.28. The van der Waals surface area contributed by atoms with Crippen LogP contribution >= 0.6 is 0 Å². The molecule has 0 spiro atoms. The summed E-state index contributed by atoms with van der Waals surface area (Å²) in [4.78, 5) is 0. The Balaban J connectivity index is 0.00000141. The second-order valence-electron chi connectivity index (χ2n) is 8.07. The molecule has 2 heterocycles. The zero-order valence-electron chi connectivity index (χ0n) is 20.8. The third-order valence-corrected chi connectivity index (χ3v) is 6.03. The van der Waals surface area contributed by atoms with Gasteiger partial charge in [0.1, 0.15) is 17.9 Å². The maximum atomic E-state index is 6.12.